The fourth-order valence-electron chi connectivity index (χ4n) is 3.54. The zero-order chi connectivity index (χ0) is 21.3. The summed E-state index contributed by atoms with van der Waals surface area (Å²) in [5.74, 6) is -3.36. The van der Waals surface area contributed by atoms with Gasteiger partial charge in [-0.25, -0.2) is 28.3 Å². The molecule has 8 nitrogen and oxygen atoms in total. The molecule has 10 heteroatoms. The summed E-state index contributed by atoms with van der Waals surface area (Å²) in [4.78, 5) is 37.3. The van der Waals surface area contributed by atoms with Gasteiger partial charge in [-0.2, -0.15) is 0 Å². The van der Waals surface area contributed by atoms with Gasteiger partial charge in [-0.3, -0.25) is 10.2 Å². The fourth-order valence-corrected chi connectivity index (χ4v) is 3.54. The number of rotatable bonds is 5. The van der Waals surface area contributed by atoms with Crippen molar-refractivity contribution in [3.63, 3.8) is 0 Å². The first-order valence-corrected chi connectivity index (χ1v) is 9.70. The van der Waals surface area contributed by atoms with Gasteiger partial charge in [0, 0.05) is 25.7 Å². The maximum absolute atomic E-state index is 13.4. The number of aromatic nitrogens is 2. The van der Waals surface area contributed by atoms with E-state index in [0.717, 1.165) is 13.0 Å². The molecule has 0 unspecified atom stereocenters. The Labute approximate surface area is 171 Å². The van der Waals surface area contributed by atoms with Crippen molar-refractivity contribution < 1.29 is 23.1 Å². The molecule has 0 aromatic carbocycles. The third-order valence-electron chi connectivity index (χ3n) is 5.21. The average molecular weight is 417 g/mol. The minimum absolute atomic E-state index is 0.121. The smallest absolute Gasteiger partial charge is 0.357 e. The van der Waals surface area contributed by atoms with E-state index in [0.29, 0.717) is 23.9 Å². The average Bonchev–Trinajstić information content (AvgIpc) is 3.16. The maximum Gasteiger partial charge on any atom is 0.357 e. The van der Waals surface area contributed by atoms with Crippen molar-refractivity contribution in [1.82, 2.24) is 9.97 Å². The second kappa shape index (κ2) is 7.85. The van der Waals surface area contributed by atoms with Crippen molar-refractivity contribution in [3.8, 4) is 0 Å². The maximum atomic E-state index is 13.4. The van der Waals surface area contributed by atoms with Gasteiger partial charge in [0.15, 0.2) is 18.1 Å². The van der Waals surface area contributed by atoms with E-state index in [-0.39, 0.29) is 11.7 Å². The second-order valence-electron chi connectivity index (χ2n) is 7.23. The minimum Gasteiger partial charge on any atom is -0.455 e. The van der Waals surface area contributed by atoms with Crippen LogP contribution in [-0.4, -0.2) is 53.6 Å². The molecule has 2 aromatic rings. The van der Waals surface area contributed by atoms with Crippen molar-refractivity contribution in [2.75, 3.05) is 34.8 Å². The van der Waals surface area contributed by atoms with E-state index in [1.54, 1.807) is 30.5 Å². The third kappa shape index (κ3) is 3.89. The molecule has 2 amide bonds. The summed E-state index contributed by atoms with van der Waals surface area (Å²) in [5.41, 5.74) is 0.578. The van der Waals surface area contributed by atoms with Crippen LogP contribution in [0.1, 0.15) is 30.3 Å². The molecular formula is C20H21F2N5O3. The SMILES string of the molecule is CCC(F)(F)COC(=O)c1ccc2c(n1)N(C(=O)Nc1ccccn1)[C@H]1CCN2C1. The van der Waals surface area contributed by atoms with Crippen molar-refractivity contribution in [2.45, 2.75) is 31.7 Å². The predicted octanol–water partition coefficient (Wildman–Crippen LogP) is 3.31. The standard InChI is InChI=1S/C20H21F2N5O3/c1-2-20(21,22)12-30-18(28)14-6-7-15-17(24-14)27(13-8-10-26(15)11-13)19(29)25-16-5-3-4-9-23-16/h3-7,9,13H,2,8,10-12H2,1H3,(H,23,25,29)/t13-/m0/s1. The van der Waals surface area contributed by atoms with Crippen LogP contribution in [0.5, 0.6) is 0 Å². The molecule has 1 fully saturated rings. The van der Waals surface area contributed by atoms with Gasteiger partial charge < -0.3 is 9.64 Å². The number of halogens is 2. The Morgan fingerprint density at radius 2 is 2.13 bits per heavy atom. The first-order valence-electron chi connectivity index (χ1n) is 9.70. The van der Waals surface area contributed by atoms with Crippen LogP contribution in [0.25, 0.3) is 0 Å². The highest BCUT2D eigenvalue weighted by atomic mass is 19.3. The van der Waals surface area contributed by atoms with Crippen molar-refractivity contribution in [1.29, 1.82) is 0 Å². The summed E-state index contributed by atoms with van der Waals surface area (Å²) in [6.07, 6.45) is 1.88. The predicted molar refractivity (Wildman–Crippen MR) is 106 cm³/mol. The number of carbonyl (C=O) groups excluding carboxylic acids is 2. The van der Waals surface area contributed by atoms with E-state index in [2.05, 4.69) is 20.2 Å². The summed E-state index contributed by atoms with van der Waals surface area (Å²) >= 11 is 0. The summed E-state index contributed by atoms with van der Waals surface area (Å²) in [5, 5.41) is 2.74. The zero-order valence-electron chi connectivity index (χ0n) is 16.3. The number of carbonyl (C=O) groups is 2. The molecule has 158 valence electrons. The van der Waals surface area contributed by atoms with Crippen molar-refractivity contribution >= 4 is 29.3 Å². The number of nitrogens with one attached hydrogen (secondary N) is 1. The molecule has 0 radical (unpaired) electrons. The molecule has 0 spiro atoms. The van der Waals surface area contributed by atoms with Gasteiger partial charge in [0.05, 0.1) is 11.7 Å². The Balaban J connectivity index is 1.60. The van der Waals surface area contributed by atoms with E-state index in [1.165, 1.54) is 17.9 Å². The Morgan fingerprint density at radius 3 is 2.87 bits per heavy atom. The number of alkyl halides is 2. The minimum atomic E-state index is -3.09. The Hall–Kier alpha value is -3.30. The topological polar surface area (TPSA) is 87.7 Å². The largest absolute Gasteiger partial charge is 0.455 e. The number of nitrogens with zero attached hydrogens (tertiary/aromatic N) is 4. The van der Waals surface area contributed by atoms with Crippen molar-refractivity contribution in [2.24, 2.45) is 0 Å². The molecule has 0 saturated carbocycles. The Morgan fingerprint density at radius 1 is 1.30 bits per heavy atom. The highest BCUT2D eigenvalue weighted by molar-refractivity contribution is 6.04. The van der Waals surface area contributed by atoms with E-state index >= 15 is 0 Å². The van der Waals surface area contributed by atoms with Crippen LogP contribution in [0, 0.1) is 0 Å². The molecule has 30 heavy (non-hydrogen) atoms. The number of pyridine rings is 2. The number of anilines is 3. The molecule has 1 N–H and O–H groups in total. The Bertz CT molecular complexity index is 957. The monoisotopic (exact) mass is 417 g/mol. The van der Waals surface area contributed by atoms with Gasteiger partial charge in [-0.1, -0.05) is 13.0 Å². The second-order valence-corrected chi connectivity index (χ2v) is 7.23. The molecule has 2 aliphatic rings. The van der Waals surface area contributed by atoms with Gasteiger partial charge >= 0.3 is 12.0 Å². The van der Waals surface area contributed by atoms with Crippen LogP contribution in [0.3, 0.4) is 0 Å². The summed E-state index contributed by atoms with van der Waals surface area (Å²) < 4.78 is 31.6. The summed E-state index contributed by atoms with van der Waals surface area (Å²) in [6, 6.07) is 7.71. The van der Waals surface area contributed by atoms with Crippen LogP contribution in [0.4, 0.5) is 30.9 Å². The number of amides is 2. The van der Waals surface area contributed by atoms with E-state index in [9.17, 15) is 18.4 Å². The van der Waals surface area contributed by atoms with Crippen LogP contribution in [0.2, 0.25) is 0 Å². The zero-order valence-corrected chi connectivity index (χ0v) is 16.3. The third-order valence-corrected chi connectivity index (χ3v) is 5.21. The highest BCUT2D eigenvalue weighted by Crippen LogP contribution is 2.39. The molecule has 2 aliphatic heterocycles. The molecule has 4 heterocycles. The normalized spacial score (nSPS) is 17.5. The summed E-state index contributed by atoms with van der Waals surface area (Å²) in [7, 11) is 0. The van der Waals surface area contributed by atoms with Gasteiger partial charge in [0.1, 0.15) is 5.82 Å². The van der Waals surface area contributed by atoms with Crippen LogP contribution in [0.15, 0.2) is 36.5 Å². The van der Waals surface area contributed by atoms with E-state index in [1.807, 2.05) is 0 Å². The molecule has 1 atom stereocenters. The molecule has 2 aromatic heterocycles. The van der Waals surface area contributed by atoms with Gasteiger partial charge in [-0.15, -0.1) is 0 Å². The van der Waals surface area contributed by atoms with E-state index in [4.69, 9.17) is 4.74 Å². The molecular weight excluding hydrogens is 396 g/mol. The highest BCUT2D eigenvalue weighted by Gasteiger charge is 2.41. The van der Waals surface area contributed by atoms with Crippen LogP contribution in [-0.2, 0) is 4.74 Å². The molecule has 0 aliphatic carbocycles. The molecule has 2 bridgehead atoms. The Kier molecular flexibility index (Phi) is 5.23. The lowest BCUT2D eigenvalue weighted by Crippen LogP contribution is -2.48. The van der Waals surface area contributed by atoms with Crippen LogP contribution >= 0.6 is 0 Å². The number of ether oxygens (including phenoxy) is 1. The van der Waals surface area contributed by atoms with E-state index < -0.39 is 31.0 Å². The van der Waals surface area contributed by atoms with Gasteiger partial charge in [-0.05, 0) is 30.7 Å². The quantitative estimate of drug-likeness (QED) is 0.751. The summed E-state index contributed by atoms with van der Waals surface area (Å²) in [6.45, 7) is 1.70. The molecule has 4 rings (SSSR count). The lowest BCUT2D eigenvalue weighted by Gasteiger charge is -2.35. The van der Waals surface area contributed by atoms with Gasteiger partial charge in [0.2, 0.25) is 0 Å². The number of hydrogen-bond acceptors (Lipinski definition) is 6. The fraction of sp³-hybridized carbons (Fsp3) is 0.400. The van der Waals surface area contributed by atoms with Crippen molar-refractivity contribution in [3.05, 3.63) is 42.2 Å². The number of hydrogen-bond donors (Lipinski definition) is 1. The molecule has 1 saturated heterocycles. The first kappa shape index (κ1) is 20.0. The van der Waals surface area contributed by atoms with Crippen LogP contribution < -0.4 is 15.1 Å². The number of urea groups is 1. The van der Waals surface area contributed by atoms with Gasteiger partial charge in [0.25, 0.3) is 5.92 Å². The first-order chi connectivity index (χ1) is 14.4. The number of fused-ring (bicyclic) bond motifs is 4. The lowest BCUT2D eigenvalue weighted by atomic mass is 10.2. The lowest BCUT2D eigenvalue weighted by molar-refractivity contribution is -0.0631. The number of esters is 1.